The highest BCUT2D eigenvalue weighted by Gasteiger charge is 2.18. The Morgan fingerprint density at radius 1 is 1.40 bits per heavy atom. The van der Waals surface area contributed by atoms with Crippen LogP contribution in [0.4, 0.5) is 0 Å². The Morgan fingerprint density at radius 2 is 2.10 bits per heavy atom. The van der Waals surface area contributed by atoms with Crippen molar-refractivity contribution in [1.82, 2.24) is 10.2 Å². The number of ether oxygens (including phenoxy) is 1. The number of benzene rings is 1. The summed E-state index contributed by atoms with van der Waals surface area (Å²) in [5.74, 6) is 0.850. The number of nitrogens with one attached hydrogen (secondary N) is 1. The summed E-state index contributed by atoms with van der Waals surface area (Å²) >= 11 is 0. The Labute approximate surface area is 120 Å². The number of rotatable bonds is 5. The van der Waals surface area contributed by atoms with Crippen LogP contribution in [0.1, 0.15) is 18.4 Å². The van der Waals surface area contributed by atoms with E-state index in [9.17, 15) is 4.79 Å². The zero-order valence-electron chi connectivity index (χ0n) is 12.0. The molecule has 1 aliphatic rings. The molecule has 0 unspecified atom stereocenters. The van der Waals surface area contributed by atoms with Crippen molar-refractivity contribution in [3.8, 4) is 5.75 Å². The third-order valence-corrected chi connectivity index (χ3v) is 3.67. The minimum absolute atomic E-state index is 0.0476. The van der Waals surface area contributed by atoms with Crippen LogP contribution in [-0.4, -0.2) is 43.6 Å². The van der Waals surface area contributed by atoms with Gasteiger partial charge in [0.2, 0.25) is 5.91 Å². The molecule has 1 heterocycles. The third-order valence-electron chi connectivity index (χ3n) is 3.67. The van der Waals surface area contributed by atoms with E-state index < -0.39 is 0 Å². The molecule has 0 aromatic heterocycles. The molecule has 1 aliphatic heterocycles. The van der Waals surface area contributed by atoms with Crippen LogP contribution in [0, 0.1) is 0 Å². The van der Waals surface area contributed by atoms with E-state index in [4.69, 9.17) is 10.5 Å². The molecular weight excluding hydrogens is 254 g/mol. The second kappa shape index (κ2) is 7.26. The lowest BCUT2D eigenvalue weighted by molar-refractivity contribution is -0.122. The molecule has 20 heavy (non-hydrogen) atoms. The topological polar surface area (TPSA) is 67.6 Å². The minimum atomic E-state index is 0.0476. The predicted octanol–water partition coefficient (Wildman–Crippen LogP) is 0.735. The van der Waals surface area contributed by atoms with E-state index in [2.05, 4.69) is 10.2 Å². The summed E-state index contributed by atoms with van der Waals surface area (Å²) in [4.78, 5) is 14.1. The van der Waals surface area contributed by atoms with Gasteiger partial charge in [0.25, 0.3) is 0 Å². The second-order valence-electron chi connectivity index (χ2n) is 5.20. The second-order valence-corrected chi connectivity index (χ2v) is 5.20. The fraction of sp³-hybridized carbons (Fsp3) is 0.533. The lowest BCUT2D eigenvalue weighted by atomic mass is 10.1. The maximum Gasteiger partial charge on any atom is 0.234 e. The number of carbonyl (C=O) groups excluding carboxylic acids is 1. The summed E-state index contributed by atoms with van der Waals surface area (Å²) in [6.45, 7) is 2.75. The van der Waals surface area contributed by atoms with Gasteiger partial charge in [0.1, 0.15) is 5.75 Å². The van der Waals surface area contributed by atoms with E-state index in [1.807, 2.05) is 24.3 Å². The molecule has 0 atom stereocenters. The molecule has 5 heteroatoms. The van der Waals surface area contributed by atoms with Crippen molar-refractivity contribution in [1.29, 1.82) is 0 Å². The van der Waals surface area contributed by atoms with Crippen molar-refractivity contribution < 1.29 is 9.53 Å². The van der Waals surface area contributed by atoms with Gasteiger partial charge in [-0.05, 0) is 18.9 Å². The van der Waals surface area contributed by atoms with Gasteiger partial charge in [0, 0.05) is 31.2 Å². The highest BCUT2D eigenvalue weighted by molar-refractivity contribution is 5.78. The minimum Gasteiger partial charge on any atom is -0.496 e. The van der Waals surface area contributed by atoms with Crippen LogP contribution >= 0.6 is 0 Å². The highest BCUT2D eigenvalue weighted by Crippen LogP contribution is 2.16. The van der Waals surface area contributed by atoms with Gasteiger partial charge in [-0.3, -0.25) is 9.69 Å². The van der Waals surface area contributed by atoms with Crippen LogP contribution in [0.3, 0.4) is 0 Å². The number of methoxy groups -OCH3 is 1. The first-order valence-electron chi connectivity index (χ1n) is 7.05. The summed E-state index contributed by atoms with van der Waals surface area (Å²) in [5.41, 5.74) is 6.84. The number of hydrogen-bond donors (Lipinski definition) is 2. The van der Waals surface area contributed by atoms with Crippen LogP contribution in [-0.2, 0) is 11.3 Å². The average Bonchev–Trinajstić information content (AvgIpc) is 2.48. The van der Waals surface area contributed by atoms with Crippen LogP contribution < -0.4 is 15.8 Å². The molecule has 5 nitrogen and oxygen atoms in total. The van der Waals surface area contributed by atoms with Crippen molar-refractivity contribution in [3.05, 3.63) is 29.8 Å². The lowest BCUT2D eigenvalue weighted by Crippen LogP contribution is -2.44. The smallest absolute Gasteiger partial charge is 0.234 e. The van der Waals surface area contributed by atoms with Crippen LogP contribution in [0.15, 0.2) is 24.3 Å². The first-order valence-corrected chi connectivity index (χ1v) is 7.05. The van der Waals surface area contributed by atoms with Gasteiger partial charge in [-0.2, -0.15) is 0 Å². The van der Waals surface area contributed by atoms with Crippen LogP contribution in [0.2, 0.25) is 0 Å². The van der Waals surface area contributed by atoms with Crippen molar-refractivity contribution in [2.75, 3.05) is 26.7 Å². The Kier molecular flexibility index (Phi) is 5.38. The van der Waals surface area contributed by atoms with E-state index in [0.717, 1.165) is 37.2 Å². The normalized spacial score (nSPS) is 16.9. The molecule has 0 radical (unpaired) electrons. The zero-order valence-corrected chi connectivity index (χ0v) is 12.0. The van der Waals surface area contributed by atoms with Gasteiger partial charge in [-0.25, -0.2) is 0 Å². The molecular formula is C15H23N3O2. The van der Waals surface area contributed by atoms with Gasteiger partial charge < -0.3 is 15.8 Å². The SMILES string of the molecule is COc1ccccc1CNC(=O)CN1CCC(N)CC1. The molecule has 1 aromatic carbocycles. The molecule has 1 fully saturated rings. The van der Waals surface area contributed by atoms with Gasteiger partial charge in [0.05, 0.1) is 13.7 Å². The quantitative estimate of drug-likeness (QED) is 0.833. The largest absolute Gasteiger partial charge is 0.496 e. The maximum atomic E-state index is 11.9. The molecule has 1 aromatic rings. The first-order chi connectivity index (χ1) is 9.69. The third kappa shape index (κ3) is 4.21. The van der Waals surface area contributed by atoms with Gasteiger partial charge in [-0.15, -0.1) is 0 Å². The molecule has 2 rings (SSSR count). The fourth-order valence-electron chi connectivity index (χ4n) is 2.41. The number of piperidine rings is 1. The van der Waals surface area contributed by atoms with Crippen LogP contribution in [0.5, 0.6) is 5.75 Å². The number of likely N-dealkylation sites (tertiary alicyclic amines) is 1. The van der Waals surface area contributed by atoms with Crippen molar-refractivity contribution in [2.24, 2.45) is 5.73 Å². The molecule has 3 N–H and O–H groups in total. The molecule has 1 saturated heterocycles. The van der Waals surface area contributed by atoms with E-state index in [-0.39, 0.29) is 5.91 Å². The van der Waals surface area contributed by atoms with Gasteiger partial charge in [-0.1, -0.05) is 18.2 Å². The number of para-hydroxylation sites is 1. The Hall–Kier alpha value is -1.59. The standard InChI is InChI=1S/C15H23N3O2/c1-20-14-5-3-2-4-12(14)10-17-15(19)11-18-8-6-13(16)7-9-18/h2-5,13H,6-11,16H2,1H3,(H,17,19). The van der Waals surface area contributed by atoms with Crippen molar-refractivity contribution in [2.45, 2.75) is 25.4 Å². The molecule has 110 valence electrons. The summed E-state index contributed by atoms with van der Waals surface area (Å²) in [6, 6.07) is 8.01. The predicted molar refractivity (Wildman–Crippen MR) is 78.5 cm³/mol. The van der Waals surface area contributed by atoms with Gasteiger partial charge >= 0.3 is 0 Å². The van der Waals surface area contributed by atoms with E-state index in [0.29, 0.717) is 19.1 Å². The lowest BCUT2D eigenvalue weighted by Gasteiger charge is -2.29. The fourth-order valence-corrected chi connectivity index (χ4v) is 2.41. The Morgan fingerprint density at radius 3 is 2.80 bits per heavy atom. The molecule has 0 bridgehead atoms. The van der Waals surface area contributed by atoms with E-state index in [1.165, 1.54) is 0 Å². The zero-order chi connectivity index (χ0) is 14.4. The summed E-state index contributed by atoms with van der Waals surface area (Å²) in [6.07, 6.45) is 1.94. The van der Waals surface area contributed by atoms with Gasteiger partial charge in [0.15, 0.2) is 0 Å². The monoisotopic (exact) mass is 277 g/mol. The first kappa shape index (κ1) is 14.8. The number of hydrogen-bond acceptors (Lipinski definition) is 4. The maximum absolute atomic E-state index is 11.9. The average molecular weight is 277 g/mol. The summed E-state index contributed by atoms with van der Waals surface area (Å²) in [5, 5.41) is 2.94. The number of carbonyl (C=O) groups is 1. The molecule has 0 aliphatic carbocycles. The van der Waals surface area contributed by atoms with E-state index >= 15 is 0 Å². The van der Waals surface area contributed by atoms with E-state index in [1.54, 1.807) is 7.11 Å². The number of nitrogens with two attached hydrogens (primary N) is 1. The van der Waals surface area contributed by atoms with Crippen LogP contribution in [0.25, 0.3) is 0 Å². The van der Waals surface area contributed by atoms with Crippen molar-refractivity contribution >= 4 is 5.91 Å². The van der Waals surface area contributed by atoms with Crippen molar-refractivity contribution in [3.63, 3.8) is 0 Å². The number of amides is 1. The molecule has 0 spiro atoms. The Balaban J connectivity index is 1.77. The number of nitrogens with zero attached hydrogens (tertiary/aromatic N) is 1. The summed E-state index contributed by atoms with van der Waals surface area (Å²) in [7, 11) is 1.64. The molecule has 0 saturated carbocycles. The molecule has 1 amide bonds. The highest BCUT2D eigenvalue weighted by atomic mass is 16.5. The Bertz CT molecular complexity index is 442. The summed E-state index contributed by atoms with van der Waals surface area (Å²) < 4.78 is 5.26.